The molecule has 0 aliphatic carbocycles. The van der Waals surface area contributed by atoms with E-state index in [9.17, 15) is 0 Å². The van der Waals surface area contributed by atoms with Crippen molar-refractivity contribution in [3.8, 4) is 5.88 Å². The maximum atomic E-state index is 6.10. The van der Waals surface area contributed by atoms with E-state index in [4.69, 9.17) is 4.74 Å². The smallest absolute Gasteiger partial charge is 0.228 e. The predicted octanol–water partition coefficient (Wildman–Crippen LogP) is 5.52. The molecule has 0 amide bonds. The zero-order chi connectivity index (χ0) is 18.6. The summed E-state index contributed by atoms with van der Waals surface area (Å²) < 4.78 is 6.91. The van der Waals surface area contributed by atoms with E-state index in [1.807, 2.05) is 38.2 Å². The number of ether oxygens (including phenoxy) is 1. The Hall–Kier alpha value is -1.88. The van der Waals surface area contributed by atoms with Gasteiger partial charge < -0.3 is 9.64 Å². The summed E-state index contributed by atoms with van der Waals surface area (Å²) in [5.74, 6) is 0.590. The van der Waals surface area contributed by atoms with Crippen LogP contribution in [-0.4, -0.2) is 29.8 Å². The van der Waals surface area contributed by atoms with Gasteiger partial charge in [0.1, 0.15) is 6.10 Å². The standard InChI is InChI=1S/C20H26BrN3O/c1-7-24(6)12-22-19-11-18(21)20(23-15(19)4)25-16(5)17-9-13(2)8-14(3)10-17/h8-12,16H,7H2,1-6H3/t16-/m1/s1. The molecule has 0 N–H and O–H groups in total. The van der Waals surface area contributed by atoms with E-state index < -0.39 is 0 Å². The number of rotatable bonds is 6. The average Bonchev–Trinajstić information content (AvgIpc) is 2.55. The Bertz CT molecular complexity index is 754. The van der Waals surface area contributed by atoms with Crippen molar-refractivity contribution in [2.24, 2.45) is 4.99 Å². The van der Waals surface area contributed by atoms with Gasteiger partial charge in [0.2, 0.25) is 5.88 Å². The van der Waals surface area contributed by atoms with E-state index in [2.05, 4.69) is 64.9 Å². The third-order valence-corrected chi connectivity index (χ3v) is 4.57. The first-order valence-electron chi connectivity index (χ1n) is 8.46. The largest absolute Gasteiger partial charge is 0.469 e. The number of hydrogen-bond donors (Lipinski definition) is 0. The van der Waals surface area contributed by atoms with Crippen molar-refractivity contribution < 1.29 is 4.74 Å². The Kier molecular flexibility index (Phi) is 6.59. The van der Waals surface area contributed by atoms with Gasteiger partial charge in [0.05, 0.1) is 22.2 Å². The minimum Gasteiger partial charge on any atom is -0.469 e. The van der Waals surface area contributed by atoms with E-state index in [0.717, 1.165) is 28.0 Å². The van der Waals surface area contributed by atoms with E-state index in [1.54, 1.807) is 0 Å². The second-order valence-electron chi connectivity index (χ2n) is 6.38. The second-order valence-corrected chi connectivity index (χ2v) is 7.23. The molecule has 0 bridgehead atoms. The van der Waals surface area contributed by atoms with Crippen molar-refractivity contribution in [1.29, 1.82) is 0 Å². The first-order chi connectivity index (χ1) is 11.8. The van der Waals surface area contributed by atoms with Crippen molar-refractivity contribution in [2.45, 2.75) is 40.7 Å². The summed E-state index contributed by atoms with van der Waals surface area (Å²) in [6, 6.07) is 8.41. The van der Waals surface area contributed by atoms with Crippen LogP contribution in [0.1, 0.15) is 42.3 Å². The Morgan fingerprint density at radius 2 is 1.84 bits per heavy atom. The van der Waals surface area contributed by atoms with Crippen LogP contribution in [0.2, 0.25) is 0 Å². The number of aromatic nitrogens is 1. The number of pyridine rings is 1. The molecule has 0 saturated heterocycles. The molecule has 4 nitrogen and oxygen atoms in total. The van der Waals surface area contributed by atoms with Crippen molar-refractivity contribution in [2.75, 3.05) is 13.6 Å². The molecule has 0 fully saturated rings. The summed E-state index contributed by atoms with van der Waals surface area (Å²) in [6.07, 6.45) is 1.73. The van der Waals surface area contributed by atoms with E-state index >= 15 is 0 Å². The summed E-state index contributed by atoms with van der Waals surface area (Å²) in [6.45, 7) is 11.2. The molecule has 0 aliphatic rings. The Morgan fingerprint density at radius 1 is 1.20 bits per heavy atom. The Morgan fingerprint density at radius 3 is 2.44 bits per heavy atom. The molecular formula is C20H26BrN3O. The van der Waals surface area contributed by atoms with Crippen molar-refractivity contribution in [1.82, 2.24) is 9.88 Å². The third kappa shape index (κ3) is 5.30. The molecular weight excluding hydrogens is 378 g/mol. The molecule has 1 aromatic heterocycles. The maximum absolute atomic E-state index is 6.10. The van der Waals surface area contributed by atoms with Gasteiger partial charge in [-0.05, 0) is 62.2 Å². The van der Waals surface area contributed by atoms with Gasteiger partial charge in [-0.3, -0.25) is 0 Å². The highest BCUT2D eigenvalue weighted by Crippen LogP contribution is 2.32. The molecule has 0 saturated carbocycles. The van der Waals surface area contributed by atoms with Crippen molar-refractivity contribution >= 4 is 28.0 Å². The van der Waals surface area contributed by atoms with Crippen LogP contribution in [0.4, 0.5) is 5.69 Å². The van der Waals surface area contributed by atoms with E-state index in [0.29, 0.717) is 5.88 Å². The zero-order valence-electron chi connectivity index (χ0n) is 15.8. The molecule has 2 aromatic rings. The minimum atomic E-state index is -0.0811. The van der Waals surface area contributed by atoms with E-state index in [1.165, 1.54) is 11.1 Å². The number of benzene rings is 1. The summed E-state index contributed by atoms with van der Waals surface area (Å²) >= 11 is 3.56. The lowest BCUT2D eigenvalue weighted by atomic mass is 10.0. The monoisotopic (exact) mass is 403 g/mol. The first-order valence-corrected chi connectivity index (χ1v) is 9.25. The summed E-state index contributed by atoms with van der Waals surface area (Å²) in [4.78, 5) is 11.1. The normalized spacial score (nSPS) is 12.4. The number of halogens is 1. The van der Waals surface area contributed by atoms with Gasteiger partial charge in [-0.1, -0.05) is 29.3 Å². The van der Waals surface area contributed by atoms with Crippen LogP contribution >= 0.6 is 15.9 Å². The lowest BCUT2D eigenvalue weighted by molar-refractivity contribution is 0.215. The van der Waals surface area contributed by atoms with Crippen LogP contribution in [0, 0.1) is 20.8 Å². The molecule has 1 heterocycles. The van der Waals surface area contributed by atoms with Crippen LogP contribution in [0.25, 0.3) is 0 Å². The van der Waals surface area contributed by atoms with E-state index in [-0.39, 0.29) is 6.10 Å². The van der Waals surface area contributed by atoms with Gasteiger partial charge in [-0.15, -0.1) is 0 Å². The first kappa shape index (κ1) is 19.4. The summed E-state index contributed by atoms with van der Waals surface area (Å²) in [7, 11) is 1.99. The molecule has 0 radical (unpaired) electrons. The van der Waals surface area contributed by atoms with Gasteiger partial charge >= 0.3 is 0 Å². The van der Waals surface area contributed by atoms with Crippen molar-refractivity contribution in [3.05, 3.63) is 51.1 Å². The summed E-state index contributed by atoms with van der Waals surface area (Å²) in [5, 5.41) is 0. The van der Waals surface area contributed by atoms with Crippen LogP contribution in [0.5, 0.6) is 5.88 Å². The molecule has 0 aliphatic heterocycles. The van der Waals surface area contributed by atoms with Crippen LogP contribution < -0.4 is 4.74 Å². The molecule has 1 atom stereocenters. The van der Waals surface area contributed by atoms with Crippen LogP contribution in [0.15, 0.2) is 33.7 Å². The highest BCUT2D eigenvalue weighted by molar-refractivity contribution is 9.10. The lowest BCUT2D eigenvalue weighted by Crippen LogP contribution is -2.14. The SMILES string of the molecule is CCN(C)C=Nc1cc(Br)c(O[C@H](C)c2cc(C)cc(C)c2)nc1C. The van der Waals surface area contributed by atoms with Crippen molar-refractivity contribution in [3.63, 3.8) is 0 Å². The zero-order valence-corrected chi connectivity index (χ0v) is 17.4. The quantitative estimate of drug-likeness (QED) is 0.470. The molecule has 1 aromatic carbocycles. The fourth-order valence-electron chi connectivity index (χ4n) is 2.49. The molecule has 5 heteroatoms. The Labute approximate surface area is 159 Å². The maximum Gasteiger partial charge on any atom is 0.228 e. The number of aryl methyl sites for hydroxylation is 3. The fraction of sp³-hybridized carbons (Fsp3) is 0.400. The Balaban J connectivity index is 2.22. The van der Waals surface area contributed by atoms with Gasteiger partial charge in [0.25, 0.3) is 0 Å². The van der Waals surface area contributed by atoms with Gasteiger partial charge in [-0.2, -0.15) is 0 Å². The second kappa shape index (κ2) is 8.48. The predicted molar refractivity (Wildman–Crippen MR) is 108 cm³/mol. The molecule has 134 valence electrons. The fourth-order valence-corrected chi connectivity index (χ4v) is 2.88. The van der Waals surface area contributed by atoms with Gasteiger partial charge in [-0.25, -0.2) is 9.98 Å². The molecule has 2 rings (SSSR count). The number of hydrogen-bond acceptors (Lipinski definition) is 3. The highest BCUT2D eigenvalue weighted by Gasteiger charge is 2.14. The van der Waals surface area contributed by atoms with Crippen LogP contribution in [-0.2, 0) is 0 Å². The number of nitrogens with zero attached hydrogens (tertiary/aromatic N) is 3. The van der Waals surface area contributed by atoms with Gasteiger partial charge in [0.15, 0.2) is 0 Å². The molecule has 0 spiro atoms. The summed E-state index contributed by atoms with van der Waals surface area (Å²) in [5.41, 5.74) is 5.29. The average molecular weight is 404 g/mol. The number of aliphatic imine (C=N–C) groups is 1. The third-order valence-electron chi connectivity index (χ3n) is 4.00. The van der Waals surface area contributed by atoms with Crippen LogP contribution in [0.3, 0.4) is 0 Å². The lowest BCUT2D eigenvalue weighted by Gasteiger charge is -2.17. The molecule has 25 heavy (non-hydrogen) atoms. The van der Waals surface area contributed by atoms with Gasteiger partial charge in [0, 0.05) is 13.6 Å². The minimum absolute atomic E-state index is 0.0811. The highest BCUT2D eigenvalue weighted by atomic mass is 79.9. The molecule has 0 unspecified atom stereocenters. The topological polar surface area (TPSA) is 37.7 Å².